The molecule has 1 aromatic carbocycles. The lowest BCUT2D eigenvalue weighted by Crippen LogP contribution is -2.50. The number of nitrogens with one attached hydrogen (secondary N) is 1. The second kappa shape index (κ2) is 7.24. The molecular weight excluding hydrogens is 282 g/mol. The summed E-state index contributed by atoms with van der Waals surface area (Å²) in [5.41, 5.74) is -0.340. The summed E-state index contributed by atoms with van der Waals surface area (Å²) in [6.07, 6.45) is 0. The summed E-state index contributed by atoms with van der Waals surface area (Å²) in [4.78, 5) is 23.5. The monoisotopic (exact) mass is 299 g/mol. The Morgan fingerprint density at radius 2 is 1.86 bits per heavy atom. The average Bonchev–Trinajstić information content (AvgIpc) is 2.52. The van der Waals surface area contributed by atoms with Gasteiger partial charge in [0.1, 0.15) is 5.54 Å². The summed E-state index contributed by atoms with van der Waals surface area (Å²) in [5, 5.41) is 20.3. The first-order chi connectivity index (χ1) is 10.3. The van der Waals surface area contributed by atoms with E-state index >= 15 is 0 Å². The molecule has 0 unspecified atom stereocenters. The van der Waals surface area contributed by atoms with E-state index in [4.69, 9.17) is 15.3 Å². The van der Waals surface area contributed by atoms with Gasteiger partial charge in [0, 0.05) is 0 Å². The summed E-state index contributed by atoms with van der Waals surface area (Å²) in [7, 11) is 0. The highest BCUT2D eigenvalue weighted by Gasteiger charge is 2.30. The first kappa shape index (κ1) is 17.2. The molecule has 0 aliphatic heterocycles. The van der Waals surface area contributed by atoms with Gasteiger partial charge in [0.2, 0.25) is 0 Å². The number of esters is 1. The quantitative estimate of drug-likeness (QED) is 0.834. The van der Waals surface area contributed by atoms with Crippen LogP contribution in [0.3, 0.4) is 0 Å². The van der Waals surface area contributed by atoms with E-state index in [1.807, 2.05) is 26.0 Å². The SMILES string of the molecule is CC(C)[C@@](C)(C#N)NC(=O)COC(=O)c1ccc(C#N)cc1. The lowest BCUT2D eigenvalue weighted by molar-refractivity contribution is -0.125. The van der Waals surface area contributed by atoms with Gasteiger partial charge in [-0.1, -0.05) is 13.8 Å². The normalized spacial score (nSPS) is 12.6. The van der Waals surface area contributed by atoms with Crippen molar-refractivity contribution in [2.24, 2.45) is 5.92 Å². The molecule has 0 saturated heterocycles. The van der Waals surface area contributed by atoms with Gasteiger partial charge in [-0.2, -0.15) is 10.5 Å². The molecule has 0 radical (unpaired) electrons. The standard InChI is InChI=1S/C16H17N3O3/c1-11(2)16(3,10-18)19-14(20)9-22-15(21)13-6-4-12(8-17)5-7-13/h4-7,11H,9H2,1-3H3,(H,19,20)/t16-/m1/s1. The lowest BCUT2D eigenvalue weighted by Gasteiger charge is -2.27. The summed E-state index contributed by atoms with van der Waals surface area (Å²) < 4.78 is 4.89. The molecule has 0 heterocycles. The van der Waals surface area contributed by atoms with E-state index in [1.165, 1.54) is 24.3 Å². The van der Waals surface area contributed by atoms with Gasteiger partial charge in [0.15, 0.2) is 6.61 Å². The molecule has 0 aromatic heterocycles. The maximum absolute atomic E-state index is 11.8. The fourth-order valence-corrected chi connectivity index (χ4v) is 1.52. The number of carbonyl (C=O) groups is 2. The van der Waals surface area contributed by atoms with Crippen LogP contribution in [0.5, 0.6) is 0 Å². The fourth-order valence-electron chi connectivity index (χ4n) is 1.52. The molecule has 114 valence electrons. The van der Waals surface area contributed by atoms with Crippen molar-refractivity contribution in [3.8, 4) is 12.1 Å². The lowest BCUT2D eigenvalue weighted by atomic mass is 9.90. The Bertz CT molecular complexity index is 638. The van der Waals surface area contributed by atoms with Crippen LogP contribution in [0, 0.1) is 28.6 Å². The molecule has 1 aromatic rings. The summed E-state index contributed by atoms with van der Waals surface area (Å²) in [5.74, 6) is -1.29. The first-order valence-electron chi connectivity index (χ1n) is 6.72. The molecule has 0 spiro atoms. The Morgan fingerprint density at radius 1 is 1.27 bits per heavy atom. The van der Waals surface area contributed by atoms with Gasteiger partial charge in [-0.3, -0.25) is 4.79 Å². The highest BCUT2D eigenvalue weighted by atomic mass is 16.5. The van der Waals surface area contributed by atoms with E-state index in [9.17, 15) is 9.59 Å². The van der Waals surface area contributed by atoms with E-state index in [-0.39, 0.29) is 11.5 Å². The van der Waals surface area contributed by atoms with E-state index in [1.54, 1.807) is 6.92 Å². The minimum atomic E-state index is -1.02. The van der Waals surface area contributed by atoms with Gasteiger partial charge in [0.05, 0.1) is 23.3 Å². The maximum Gasteiger partial charge on any atom is 0.338 e. The molecule has 0 fully saturated rings. The molecule has 0 bridgehead atoms. The minimum absolute atomic E-state index is 0.0873. The fraction of sp³-hybridized carbons (Fsp3) is 0.375. The molecule has 6 nitrogen and oxygen atoms in total. The van der Waals surface area contributed by atoms with Crippen molar-refractivity contribution in [1.82, 2.24) is 5.32 Å². The molecule has 6 heteroatoms. The number of ether oxygens (including phenoxy) is 1. The maximum atomic E-state index is 11.8. The van der Waals surface area contributed by atoms with Crippen LogP contribution in [0.25, 0.3) is 0 Å². The topological polar surface area (TPSA) is 103 Å². The van der Waals surface area contributed by atoms with Crippen molar-refractivity contribution in [3.05, 3.63) is 35.4 Å². The Hall–Kier alpha value is -2.86. The van der Waals surface area contributed by atoms with Crippen LogP contribution in [0.2, 0.25) is 0 Å². The number of hydrogen-bond donors (Lipinski definition) is 1. The third-order valence-electron chi connectivity index (χ3n) is 3.37. The van der Waals surface area contributed by atoms with Gasteiger partial charge in [-0.15, -0.1) is 0 Å². The minimum Gasteiger partial charge on any atom is -0.452 e. The van der Waals surface area contributed by atoms with Crippen molar-refractivity contribution in [2.45, 2.75) is 26.3 Å². The molecule has 0 aliphatic carbocycles. The second-order valence-corrected chi connectivity index (χ2v) is 5.28. The predicted molar refractivity (Wildman–Crippen MR) is 78.4 cm³/mol. The third-order valence-corrected chi connectivity index (χ3v) is 3.37. The smallest absolute Gasteiger partial charge is 0.338 e. The van der Waals surface area contributed by atoms with Crippen LogP contribution in [-0.2, 0) is 9.53 Å². The number of amides is 1. The van der Waals surface area contributed by atoms with Crippen LogP contribution in [-0.4, -0.2) is 24.0 Å². The zero-order chi connectivity index (χ0) is 16.8. The van der Waals surface area contributed by atoms with Gasteiger partial charge >= 0.3 is 5.97 Å². The van der Waals surface area contributed by atoms with Crippen LogP contribution < -0.4 is 5.32 Å². The number of benzene rings is 1. The van der Waals surface area contributed by atoms with Crippen molar-refractivity contribution in [1.29, 1.82) is 10.5 Å². The number of carbonyl (C=O) groups excluding carboxylic acids is 2. The van der Waals surface area contributed by atoms with Crippen LogP contribution >= 0.6 is 0 Å². The van der Waals surface area contributed by atoms with E-state index in [2.05, 4.69) is 5.32 Å². The second-order valence-electron chi connectivity index (χ2n) is 5.28. The zero-order valence-corrected chi connectivity index (χ0v) is 12.7. The van der Waals surface area contributed by atoms with Crippen LogP contribution in [0.15, 0.2) is 24.3 Å². The van der Waals surface area contributed by atoms with Crippen molar-refractivity contribution in [3.63, 3.8) is 0 Å². The first-order valence-corrected chi connectivity index (χ1v) is 6.72. The van der Waals surface area contributed by atoms with Gasteiger partial charge in [-0.25, -0.2) is 4.79 Å². The molecule has 0 saturated carbocycles. The van der Waals surface area contributed by atoms with E-state index in [0.29, 0.717) is 5.56 Å². The Labute approximate surface area is 129 Å². The summed E-state index contributed by atoms with van der Waals surface area (Å²) in [6, 6.07) is 9.85. The van der Waals surface area contributed by atoms with Gasteiger partial charge < -0.3 is 10.1 Å². The van der Waals surface area contributed by atoms with E-state index in [0.717, 1.165) is 0 Å². The van der Waals surface area contributed by atoms with Crippen molar-refractivity contribution >= 4 is 11.9 Å². The Kier molecular flexibility index (Phi) is 5.65. The number of hydrogen-bond acceptors (Lipinski definition) is 5. The largest absolute Gasteiger partial charge is 0.452 e. The molecular formula is C16H17N3O3. The average molecular weight is 299 g/mol. The summed E-state index contributed by atoms with van der Waals surface area (Å²) in [6.45, 7) is 4.76. The van der Waals surface area contributed by atoms with Gasteiger partial charge in [-0.05, 0) is 37.1 Å². The molecule has 1 rings (SSSR count). The molecule has 1 N–H and O–H groups in total. The summed E-state index contributed by atoms with van der Waals surface area (Å²) >= 11 is 0. The van der Waals surface area contributed by atoms with Crippen molar-refractivity contribution < 1.29 is 14.3 Å². The van der Waals surface area contributed by atoms with Gasteiger partial charge in [0.25, 0.3) is 5.91 Å². The molecule has 22 heavy (non-hydrogen) atoms. The highest BCUT2D eigenvalue weighted by molar-refractivity contribution is 5.91. The van der Waals surface area contributed by atoms with Crippen LogP contribution in [0.1, 0.15) is 36.7 Å². The molecule has 1 atom stereocenters. The number of nitriles is 2. The Balaban J connectivity index is 2.59. The number of nitrogens with zero attached hydrogens (tertiary/aromatic N) is 2. The molecule has 1 amide bonds. The number of rotatable bonds is 5. The zero-order valence-electron chi connectivity index (χ0n) is 12.7. The highest BCUT2D eigenvalue weighted by Crippen LogP contribution is 2.14. The van der Waals surface area contributed by atoms with E-state index < -0.39 is 24.0 Å². The van der Waals surface area contributed by atoms with Crippen LogP contribution in [0.4, 0.5) is 0 Å². The predicted octanol–water partition coefficient (Wildman–Crippen LogP) is 1.77. The third kappa shape index (κ3) is 4.32. The molecule has 0 aliphatic rings. The Morgan fingerprint density at radius 3 is 2.32 bits per heavy atom. The van der Waals surface area contributed by atoms with Crippen molar-refractivity contribution in [2.75, 3.05) is 6.61 Å².